The van der Waals surface area contributed by atoms with Gasteiger partial charge in [-0.15, -0.1) is 11.8 Å². The third-order valence-electron chi connectivity index (χ3n) is 4.83. The minimum absolute atomic E-state index is 0.817. The van der Waals surface area contributed by atoms with Gasteiger partial charge in [-0.25, -0.2) is 0 Å². The molecule has 3 rings (SSSR count). The van der Waals surface area contributed by atoms with Crippen molar-refractivity contribution in [1.29, 1.82) is 0 Å². The topological polar surface area (TPSA) is 18.5 Å². The Morgan fingerprint density at radius 3 is 2.52 bits per heavy atom. The first kappa shape index (κ1) is 20.0. The van der Waals surface area contributed by atoms with Crippen LogP contribution in [0.25, 0.3) is 0 Å². The number of rotatable bonds is 7. The molecule has 3 nitrogen and oxygen atoms in total. The highest BCUT2D eigenvalue weighted by atomic mass is 32.2. The summed E-state index contributed by atoms with van der Waals surface area (Å²) in [6, 6.07) is 19.2. The molecule has 27 heavy (non-hydrogen) atoms. The van der Waals surface area contributed by atoms with Gasteiger partial charge >= 0.3 is 0 Å². The van der Waals surface area contributed by atoms with Crippen molar-refractivity contribution in [2.45, 2.75) is 30.7 Å². The summed E-state index contributed by atoms with van der Waals surface area (Å²) in [7, 11) is 2.08. The molecule has 0 aromatic heterocycles. The number of nitrogens with zero attached hydrogens (tertiary/aromatic N) is 2. The Morgan fingerprint density at radius 2 is 1.74 bits per heavy atom. The minimum atomic E-state index is 0.817. The average Bonchev–Trinajstić information content (AvgIpc) is 2.73. The molecule has 1 N–H and O–H groups in total. The molecule has 2 aromatic carbocycles. The molecule has 1 heterocycles. The van der Waals surface area contributed by atoms with Gasteiger partial charge in [0, 0.05) is 49.6 Å². The van der Waals surface area contributed by atoms with Crippen LogP contribution in [0.2, 0.25) is 0 Å². The van der Waals surface area contributed by atoms with Crippen molar-refractivity contribution < 1.29 is 0 Å². The Morgan fingerprint density at radius 1 is 1.04 bits per heavy atom. The molecule has 1 aliphatic heterocycles. The normalized spacial score (nSPS) is 14.0. The van der Waals surface area contributed by atoms with Gasteiger partial charge in [0.2, 0.25) is 0 Å². The predicted molar refractivity (Wildman–Crippen MR) is 122 cm³/mol. The van der Waals surface area contributed by atoms with E-state index in [0.29, 0.717) is 0 Å². The average molecular weight is 400 g/mol. The summed E-state index contributed by atoms with van der Waals surface area (Å²) < 4.78 is 0. The molecule has 1 fully saturated rings. The molecule has 0 saturated carbocycles. The second kappa shape index (κ2) is 10.6. The second-order valence-electron chi connectivity index (χ2n) is 6.93. The number of hydrogen-bond acceptors (Lipinski definition) is 3. The van der Waals surface area contributed by atoms with Gasteiger partial charge in [-0.1, -0.05) is 36.4 Å². The zero-order valence-electron chi connectivity index (χ0n) is 16.1. The summed E-state index contributed by atoms with van der Waals surface area (Å²) in [6.07, 6.45) is 3.94. The van der Waals surface area contributed by atoms with E-state index in [1.165, 1.54) is 48.5 Å². The molecule has 0 unspecified atom stereocenters. The number of para-hydroxylation sites is 1. The first-order valence-corrected chi connectivity index (χ1v) is 11.1. The molecule has 5 heteroatoms. The van der Waals surface area contributed by atoms with Crippen molar-refractivity contribution >= 4 is 34.8 Å². The third-order valence-corrected chi connectivity index (χ3v) is 6.30. The van der Waals surface area contributed by atoms with Crippen LogP contribution in [-0.4, -0.2) is 42.4 Å². The second-order valence-corrected chi connectivity index (χ2v) is 8.48. The summed E-state index contributed by atoms with van der Waals surface area (Å²) >= 11 is 7.45. The summed E-state index contributed by atoms with van der Waals surface area (Å²) in [5.74, 6) is 1.00. The van der Waals surface area contributed by atoms with Gasteiger partial charge in [-0.2, -0.15) is 0 Å². The lowest BCUT2D eigenvalue weighted by atomic mass is 10.1. The molecule has 0 aliphatic carbocycles. The molecule has 0 amide bonds. The Balaban J connectivity index is 1.48. The monoisotopic (exact) mass is 399 g/mol. The van der Waals surface area contributed by atoms with Gasteiger partial charge in [-0.05, 0) is 55.2 Å². The van der Waals surface area contributed by atoms with E-state index in [4.69, 9.17) is 12.2 Å². The van der Waals surface area contributed by atoms with Gasteiger partial charge < -0.3 is 15.1 Å². The van der Waals surface area contributed by atoms with E-state index >= 15 is 0 Å². The molecule has 2 aromatic rings. The van der Waals surface area contributed by atoms with Crippen LogP contribution < -0.4 is 10.2 Å². The Labute approximate surface area is 173 Å². The number of piperidine rings is 1. The molecule has 0 atom stereocenters. The highest BCUT2D eigenvalue weighted by molar-refractivity contribution is 7.99. The number of anilines is 1. The van der Waals surface area contributed by atoms with Crippen LogP contribution in [0.1, 0.15) is 24.8 Å². The van der Waals surface area contributed by atoms with Crippen molar-refractivity contribution in [3.8, 4) is 0 Å². The van der Waals surface area contributed by atoms with Crippen LogP contribution >= 0.6 is 24.0 Å². The van der Waals surface area contributed by atoms with Crippen LogP contribution in [0.4, 0.5) is 5.69 Å². The smallest absolute Gasteiger partial charge is 0.169 e. The fourth-order valence-electron chi connectivity index (χ4n) is 3.39. The number of hydrogen-bond donors (Lipinski definition) is 1. The third kappa shape index (κ3) is 6.15. The summed E-state index contributed by atoms with van der Waals surface area (Å²) in [6.45, 7) is 4.04. The number of thioether (sulfide) groups is 1. The first-order valence-electron chi connectivity index (χ1n) is 9.74. The van der Waals surface area contributed by atoms with Crippen molar-refractivity contribution in [3.63, 3.8) is 0 Å². The highest BCUT2D eigenvalue weighted by Crippen LogP contribution is 2.25. The minimum Gasteiger partial charge on any atom is -0.371 e. The van der Waals surface area contributed by atoms with Crippen LogP contribution in [0.15, 0.2) is 59.5 Å². The summed E-state index contributed by atoms with van der Waals surface area (Å²) in [5, 5.41) is 4.21. The Kier molecular flexibility index (Phi) is 7.84. The standard InChI is InChI=1S/C22H29N3S2/c1-24(22(26)23-14-17-27-20-11-4-2-5-12-20)18-19-10-6-7-13-21(19)25-15-8-3-9-16-25/h2,4-7,10-13H,3,8-9,14-18H2,1H3,(H,23,26). The van der Waals surface area contributed by atoms with Gasteiger partial charge in [0.15, 0.2) is 5.11 Å². The Bertz CT molecular complexity index is 715. The van der Waals surface area contributed by atoms with Crippen molar-refractivity contribution in [3.05, 3.63) is 60.2 Å². The van der Waals surface area contributed by atoms with E-state index in [0.717, 1.165) is 24.0 Å². The largest absolute Gasteiger partial charge is 0.371 e. The maximum Gasteiger partial charge on any atom is 0.169 e. The van der Waals surface area contributed by atoms with E-state index in [1.54, 1.807) is 0 Å². The lowest BCUT2D eigenvalue weighted by Crippen LogP contribution is -2.38. The Hall–Kier alpha value is -1.72. The molecule has 1 saturated heterocycles. The van der Waals surface area contributed by atoms with Crippen LogP contribution in [0, 0.1) is 0 Å². The van der Waals surface area contributed by atoms with E-state index in [2.05, 4.69) is 70.7 Å². The molecule has 0 spiro atoms. The fraction of sp³-hybridized carbons (Fsp3) is 0.409. The van der Waals surface area contributed by atoms with Crippen LogP contribution in [0.3, 0.4) is 0 Å². The zero-order chi connectivity index (χ0) is 18.9. The van der Waals surface area contributed by atoms with E-state index < -0.39 is 0 Å². The van der Waals surface area contributed by atoms with Gasteiger partial charge in [0.05, 0.1) is 0 Å². The first-order chi connectivity index (χ1) is 13.2. The molecule has 144 valence electrons. The lowest BCUT2D eigenvalue weighted by Gasteiger charge is -2.32. The van der Waals surface area contributed by atoms with Crippen molar-refractivity contribution in [2.75, 3.05) is 37.3 Å². The van der Waals surface area contributed by atoms with Gasteiger partial charge in [0.25, 0.3) is 0 Å². The maximum absolute atomic E-state index is 5.60. The van der Waals surface area contributed by atoms with Gasteiger partial charge in [-0.3, -0.25) is 0 Å². The lowest BCUT2D eigenvalue weighted by molar-refractivity contribution is 0.488. The van der Waals surface area contributed by atoms with Crippen molar-refractivity contribution in [2.24, 2.45) is 0 Å². The van der Waals surface area contributed by atoms with E-state index in [9.17, 15) is 0 Å². The summed E-state index contributed by atoms with van der Waals surface area (Å²) in [4.78, 5) is 5.97. The molecule has 1 aliphatic rings. The number of thiocarbonyl (C=S) groups is 1. The van der Waals surface area contributed by atoms with E-state index in [-0.39, 0.29) is 0 Å². The summed E-state index contributed by atoms with van der Waals surface area (Å²) in [5.41, 5.74) is 2.72. The number of nitrogens with one attached hydrogen (secondary N) is 1. The SMILES string of the molecule is CN(Cc1ccccc1N1CCCCC1)C(=S)NCCSc1ccccc1. The highest BCUT2D eigenvalue weighted by Gasteiger charge is 2.15. The molecular weight excluding hydrogens is 370 g/mol. The van der Waals surface area contributed by atoms with Gasteiger partial charge in [0.1, 0.15) is 0 Å². The molecule has 0 radical (unpaired) electrons. The van der Waals surface area contributed by atoms with Crippen LogP contribution in [0.5, 0.6) is 0 Å². The quantitative estimate of drug-likeness (QED) is 0.409. The maximum atomic E-state index is 5.60. The zero-order valence-corrected chi connectivity index (χ0v) is 17.7. The molecular formula is C22H29N3S2. The molecule has 0 bridgehead atoms. The predicted octanol–water partition coefficient (Wildman–Crippen LogP) is 4.78. The van der Waals surface area contributed by atoms with E-state index in [1.807, 2.05) is 17.8 Å². The fourth-order valence-corrected chi connectivity index (χ4v) is 4.35. The van der Waals surface area contributed by atoms with Crippen molar-refractivity contribution in [1.82, 2.24) is 10.2 Å². The van der Waals surface area contributed by atoms with Crippen LogP contribution in [-0.2, 0) is 6.54 Å². The number of benzene rings is 2.